The zero-order valence-corrected chi connectivity index (χ0v) is 13.9. The lowest BCUT2D eigenvalue weighted by Gasteiger charge is -2.16. The molecule has 1 rings (SSSR count). The fraction of sp³-hybridized carbons (Fsp3) is 0.611. The van der Waals surface area contributed by atoms with Crippen LogP contribution in [0.4, 0.5) is 0 Å². The summed E-state index contributed by atoms with van der Waals surface area (Å²) in [5.41, 5.74) is 3.08. The van der Waals surface area contributed by atoms with Gasteiger partial charge in [0.15, 0.2) is 0 Å². The van der Waals surface area contributed by atoms with Gasteiger partial charge in [-0.3, -0.25) is 4.79 Å². The monoisotopic (exact) mass is 292 g/mol. The fourth-order valence-corrected chi connectivity index (χ4v) is 2.52. The van der Waals surface area contributed by atoms with Crippen molar-refractivity contribution >= 4 is 5.97 Å². The molecule has 1 N–H and O–H groups in total. The number of phenolic OH excluding ortho intramolecular Hbond substituents is 1. The van der Waals surface area contributed by atoms with E-state index in [0.717, 1.165) is 29.5 Å². The van der Waals surface area contributed by atoms with Crippen molar-refractivity contribution in [1.82, 2.24) is 0 Å². The van der Waals surface area contributed by atoms with Crippen molar-refractivity contribution in [3.8, 4) is 5.75 Å². The Morgan fingerprint density at radius 2 is 1.57 bits per heavy atom. The molecule has 118 valence electrons. The average molecular weight is 292 g/mol. The first kappa shape index (κ1) is 17.5. The molecule has 0 saturated heterocycles. The Balaban J connectivity index is 3.03. The standard InChI is InChI=1S/C18H28O3/c1-12(2)8-15-10-14(6-7-17(19)21-5)11-16(18(15)20)9-13(3)4/h10-13,20H,6-9H2,1-5H3. The number of rotatable bonds is 7. The molecule has 0 aliphatic rings. The van der Waals surface area contributed by atoms with Crippen LogP contribution in [0.1, 0.15) is 50.8 Å². The zero-order chi connectivity index (χ0) is 16.0. The number of methoxy groups -OCH3 is 1. The summed E-state index contributed by atoms with van der Waals surface area (Å²) in [4.78, 5) is 11.3. The van der Waals surface area contributed by atoms with Crippen LogP contribution in [-0.2, 0) is 28.8 Å². The molecule has 0 saturated carbocycles. The van der Waals surface area contributed by atoms with Crippen molar-refractivity contribution in [2.75, 3.05) is 7.11 Å². The lowest BCUT2D eigenvalue weighted by Crippen LogP contribution is -2.05. The summed E-state index contributed by atoms with van der Waals surface area (Å²) >= 11 is 0. The first-order valence-corrected chi connectivity index (χ1v) is 7.73. The number of ether oxygens (including phenoxy) is 1. The van der Waals surface area contributed by atoms with Crippen LogP contribution in [0.25, 0.3) is 0 Å². The summed E-state index contributed by atoms with van der Waals surface area (Å²) in [7, 11) is 1.41. The number of carbonyl (C=O) groups is 1. The highest BCUT2D eigenvalue weighted by atomic mass is 16.5. The van der Waals surface area contributed by atoms with Gasteiger partial charge in [-0.2, -0.15) is 0 Å². The van der Waals surface area contributed by atoms with Crippen molar-refractivity contribution in [2.24, 2.45) is 11.8 Å². The van der Waals surface area contributed by atoms with E-state index in [0.29, 0.717) is 30.4 Å². The second-order valence-electron chi connectivity index (χ2n) is 6.53. The van der Waals surface area contributed by atoms with E-state index in [9.17, 15) is 9.90 Å². The highest BCUT2D eigenvalue weighted by molar-refractivity contribution is 5.69. The third kappa shape index (κ3) is 5.78. The topological polar surface area (TPSA) is 46.5 Å². The number of hydrogen-bond donors (Lipinski definition) is 1. The predicted molar refractivity (Wildman–Crippen MR) is 85.5 cm³/mol. The molecule has 0 aromatic heterocycles. The molecule has 0 fully saturated rings. The van der Waals surface area contributed by atoms with Gasteiger partial charge in [0.25, 0.3) is 0 Å². The molecule has 1 aromatic rings. The van der Waals surface area contributed by atoms with Crippen LogP contribution in [-0.4, -0.2) is 18.2 Å². The fourth-order valence-electron chi connectivity index (χ4n) is 2.52. The Morgan fingerprint density at radius 3 is 1.95 bits per heavy atom. The first-order valence-electron chi connectivity index (χ1n) is 7.73. The summed E-state index contributed by atoms with van der Waals surface area (Å²) in [5, 5.41) is 10.4. The van der Waals surface area contributed by atoms with Crippen molar-refractivity contribution < 1.29 is 14.6 Å². The minimum absolute atomic E-state index is 0.195. The van der Waals surface area contributed by atoms with Crippen molar-refractivity contribution in [3.63, 3.8) is 0 Å². The quantitative estimate of drug-likeness (QED) is 0.775. The number of esters is 1. The molecular weight excluding hydrogens is 264 g/mol. The summed E-state index contributed by atoms with van der Waals surface area (Å²) in [6.45, 7) is 8.57. The van der Waals surface area contributed by atoms with E-state index in [1.807, 2.05) is 12.1 Å². The molecule has 3 heteroatoms. The number of benzene rings is 1. The van der Waals surface area contributed by atoms with Crippen LogP contribution in [0.15, 0.2) is 12.1 Å². The normalized spacial score (nSPS) is 11.2. The summed E-state index contributed by atoms with van der Waals surface area (Å²) in [6.07, 6.45) is 2.73. The number of hydrogen-bond acceptors (Lipinski definition) is 3. The maximum Gasteiger partial charge on any atom is 0.305 e. The summed E-state index contributed by atoms with van der Waals surface area (Å²) in [5.74, 6) is 1.20. The minimum Gasteiger partial charge on any atom is -0.507 e. The van der Waals surface area contributed by atoms with E-state index in [-0.39, 0.29) is 5.97 Å². The highest BCUT2D eigenvalue weighted by Gasteiger charge is 2.13. The molecule has 0 radical (unpaired) electrons. The third-order valence-corrected chi connectivity index (χ3v) is 3.43. The van der Waals surface area contributed by atoms with Gasteiger partial charge in [0, 0.05) is 6.42 Å². The van der Waals surface area contributed by atoms with E-state index in [2.05, 4.69) is 27.7 Å². The molecular formula is C18H28O3. The van der Waals surface area contributed by atoms with E-state index in [1.165, 1.54) is 7.11 Å². The Morgan fingerprint density at radius 1 is 1.10 bits per heavy atom. The van der Waals surface area contributed by atoms with Gasteiger partial charge < -0.3 is 9.84 Å². The molecule has 0 amide bonds. The van der Waals surface area contributed by atoms with Gasteiger partial charge in [-0.1, -0.05) is 39.8 Å². The summed E-state index contributed by atoms with van der Waals surface area (Å²) < 4.78 is 4.70. The van der Waals surface area contributed by atoms with Crippen molar-refractivity contribution in [2.45, 2.75) is 53.4 Å². The lowest BCUT2D eigenvalue weighted by atomic mass is 9.92. The SMILES string of the molecule is COC(=O)CCc1cc(CC(C)C)c(O)c(CC(C)C)c1. The van der Waals surface area contributed by atoms with Gasteiger partial charge in [-0.05, 0) is 47.8 Å². The number of phenols is 1. The first-order chi connectivity index (χ1) is 9.83. The number of aromatic hydroxyl groups is 1. The molecule has 0 atom stereocenters. The molecule has 0 unspecified atom stereocenters. The predicted octanol–water partition coefficient (Wildman–Crippen LogP) is 3.89. The average Bonchev–Trinajstić information content (AvgIpc) is 2.39. The minimum atomic E-state index is -0.195. The number of aryl methyl sites for hydroxylation is 1. The maximum absolute atomic E-state index is 11.3. The Labute approximate surface area is 128 Å². The maximum atomic E-state index is 11.3. The van der Waals surface area contributed by atoms with Crippen LogP contribution in [0.2, 0.25) is 0 Å². The molecule has 21 heavy (non-hydrogen) atoms. The van der Waals surface area contributed by atoms with Crippen molar-refractivity contribution in [1.29, 1.82) is 0 Å². The van der Waals surface area contributed by atoms with Crippen LogP contribution in [0.5, 0.6) is 5.75 Å². The Bertz CT molecular complexity index is 444. The molecule has 0 spiro atoms. The second kappa shape index (κ2) is 8.06. The van der Waals surface area contributed by atoms with Gasteiger partial charge in [0.2, 0.25) is 0 Å². The van der Waals surface area contributed by atoms with Crippen LogP contribution in [0.3, 0.4) is 0 Å². The van der Waals surface area contributed by atoms with E-state index in [1.54, 1.807) is 0 Å². The third-order valence-electron chi connectivity index (χ3n) is 3.43. The molecule has 0 aliphatic heterocycles. The number of carbonyl (C=O) groups excluding carboxylic acids is 1. The van der Waals surface area contributed by atoms with Gasteiger partial charge in [0.1, 0.15) is 5.75 Å². The Hall–Kier alpha value is -1.51. The van der Waals surface area contributed by atoms with Crippen LogP contribution >= 0.6 is 0 Å². The smallest absolute Gasteiger partial charge is 0.305 e. The molecule has 0 aliphatic carbocycles. The second-order valence-corrected chi connectivity index (χ2v) is 6.53. The van der Waals surface area contributed by atoms with Crippen molar-refractivity contribution in [3.05, 3.63) is 28.8 Å². The van der Waals surface area contributed by atoms with E-state index < -0.39 is 0 Å². The van der Waals surface area contributed by atoms with Crippen LogP contribution in [0, 0.1) is 11.8 Å². The lowest BCUT2D eigenvalue weighted by molar-refractivity contribution is -0.140. The molecule has 3 nitrogen and oxygen atoms in total. The highest BCUT2D eigenvalue weighted by Crippen LogP contribution is 2.29. The summed E-state index contributed by atoms with van der Waals surface area (Å²) in [6, 6.07) is 4.06. The van der Waals surface area contributed by atoms with Gasteiger partial charge >= 0.3 is 5.97 Å². The van der Waals surface area contributed by atoms with Crippen LogP contribution < -0.4 is 0 Å². The Kier molecular flexibility index (Phi) is 6.73. The van der Waals surface area contributed by atoms with Gasteiger partial charge in [-0.25, -0.2) is 0 Å². The zero-order valence-electron chi connectivity index (χ0n) is 13.9. The van der Waals surface area contributed by atoms with Gasteiger partial charge in [0.05, 0.1) is 7.11 Å². The molecule has 0 heterocycles. The van der Waals surface area contributed by atoms with E-state index in [4.69, 9.17) is 4.74 Å². The largest absolute Gasteiger partial charge is 0.507 e. The molecule has 1 aromatic carbocycles. The van der Waals surface area contributed by atoms with E-state index >= 15 is 0 Å². The van der Waals surface area contributed by atoms with Gasteiger partial charge in [-0.15, -0.1) is 0 Å². The molecule has 0 bridgehead atoms.